The minimum atomic E-state index is 0.0401. The van der Waals surface area contributed by atoms with Gasteiger partial charge in [-0.2, -0.15) is 0 Å². The smallest absolute Gasteiger partial charge is 0.189 e. The summed E-state index contributed by atoms with van der Waals surface area (Å²) >= 11 is 0. The van der Waals surface area contributed by atoms with Crippen LogP contribution in [0.25, 0.3) is 0 Å². The molecule has 0 heterocycles. The number of guanidine groups is 1. The highest BCUT2D eigenvalue weighted by atomic mass is 15.1. The van der Waals surface area contributed by atoms with Crippen molar-refractivity contribution in [3.63, 3.8) is 0 Å². The van der Waals surface area contributed by atoms with Gasteiger partial charge in [-0.15, -0.1) is 0 Å². The van der Waals surface area contributed by atoms with Crippen molar-refractivity contribution in [3.8, 4) is 0 Å². The van der Waals surface area contributed by atoms with Crippen LogP contribution in [0.15, 0.2) is 53.5 Å². The highest BCUT2D eigenvalue weighted by molar-refractivity contribution is 5.78. The molecule has 2 unspecified atom stereocenters. The molecule has 2 aromatic rings. The van der Waals surface area contributed by atoms with E-state index in [1.807, 2.05) is 0 Å². The monoisotopic (exact) mass is 295 g/mol. The number of nitrogens with zero attached hydrogens (tertiary/aromatic N) is 1. The van der Waals surface area contributed by atoms with E-state index in [-0.39, 0.29) is 12.1 Å². The standard InChI is InChI=1S/C19H25N3/c1-13-5-9-17(10-6-13)15(3)21-19(20)22-16(4)18-11-7-14(2)8-12-18/h5-12,15-16H,1-4H3,(H3,20,21,22). The molecular weight excluding hydrogens is 270 g/mol. The lowest BCUT2D eigenvalue weighted by atomic mass is 10.1. The molecule has 0 fully saturated rings. The number of hydrogen-bond donors (Lipinski definition) is 2. The molecule has 0 aliphatic heterocycles. The maximum atomic E-state index is 6.05. The molecule has 0 saturated heterocycles. The van der Waals surface area contributed by atoms with Crippen molar-refractivity contribution >= 4 is 5.96 Å². The Labute approximate surface area is 133 Å². The largest absolute Gasteiger partial charge is 0.370 e. The van der Waals surface area contributed by atoms with Gasteiger partial charge in [0.05, 0.1) is 12.1 Å². The molecule has 0 amide bonds. The fourth-order valence-electron chi connectivity index (χ4n) is 2.33. The summed E-state index contributed by atoms with van der Waals surface area (Å²) in [6.07, 6.45) is 0. The zero-order valence-corrected chi connectivity index (χ0v) is 13.8. The molecule has 2 aromatic carbocycles. The maximum Gasteiger partial charge on any atom is 0.189 e. The van der Waals surface area contributed by atoms with E-state index in [2.05, 4.69) is 86.5 Å². The minimum Gasteiger partial charge on any atom is -0.370 e. The molecule has 2 atom stereocenters. The molecule has 3 heteroatoms. The summed E-state index contributed by atoms with van der Waals surface area (Å²) < 4.78 is 0. The van der Waals surface area contributed by atoms with E-state index >= 15 is 0 Å². The molecule has 3 nitrogen and oxygen atoms in total. The van der Waals surface area contributed by atoms with Crippen LogP contribution in [0.3, 0.4) is 0 Å². The lowest BCUT2D eigenvalue weighted by Gasteiger charge is -2.16. The second-order valence-electron chi connectivity index (χ2n) is 5.88. The molecule has 0 bridgehead atoms. The molecule has 0 radical (unpaired) electrons. The van der Waals surface area contributed by atoms with Crippen LogP contribution in [0, 0.1) is 13.8 Å². The van der Waals surface area contributed by atoms with Crippen LogP contribution in [0.4, 0.5) is 0 Å². The first kappa shape index (κ1) is 16.1. The topological polar surface area (TPSA) is 50.4 Å². The molecule has 0 aromatic heterocycles. The van der Waals surface area contributed by atoms with Gasteiger partial charge in [0, 0.05) is 0 Å². The zero-order valence-electron chi connectivity index (χ0n) is 13.8. The van der Waals surface area contributed by atoms with Crippen molar-refractivity contribution in [1.82, 2.24) is 5.32 Å². The second kappa shape index (κ2) is 7.12. The third-order valence-electron chi connectivity index (χ3n) is 3.83. The number of nitrogens with two attached hydrogens (primary N) is 1. The Morgan fingerprint density at radius 3 is 1.82 bits per heavy atom. The lowest BCUT2D eigenvalue weighted by Crippen LogP contribution is -2.34. The maximum absolute atomic E-state index is 6.05. The quantitative estimate of drug-likeness (QED) is 0.661. The second-order valence-corrected chi connectivity index (χ2v) is 5.88. The van der Waals surface area contributed by atoms with E-state index in [1.165, 1.54) is 22.3 Å². The lowest BCUT2D eigenvalue weighted by molar-refractivity contribution is 0.696. The van der Waals surface area contributed by atoms with Gasteiger partial charge < -0.3 is 11.1 Å². The highest BCUT2D eigenvalue weighted by Gasteiger charge is 2.08. The summed E-state index contributed by atoms with van der Waals surface area (Å²) in [7, 11) is 0. The molecule has 0 spiro atoms. The van der Waals surface area contributed by atoms with Crippen LogP contribution in [0.2, 0.25) is 0 Å². The van der Waals surface area contributed by atoms with Crippen LogP contribution in [-0.4, -0.2) is 5.96 Å². The normalized spacial score (nSPS) is 14.5. The fourth-order valence-corrected chi connectivity index (χ4v) is 2.33. The first-order valence-corrected chi connectivity index (χ1v) is 7.68. The first-order valence-electron chi connectivity index (χ1n) is 7.68. The number of benzene rings is 2. The zero-order chi connectivity index (χ0) is 16.1. The van der Waals surface area contributed by atoms with Crippen LogP contribution in [0.1, 0.15) is 48.2 Å². The Kier molecular flexibility index (Phi) is 5.21. The predicted octanol–water partition coefficient (Wildman–Crippen LogP) is 4.03. The molecule has 116 valence electrons. The summed E-state index contributed by atoms with van der Waals surface area (Å²) in [5.74, 6) is 0.473. The SMILES string of the molecule is Cc1ccc(C(C)N=C(N)NC(C)c2ccc(C)cc2)cc1. The van der Waals surface area contributed by atoms with E-state index in [4.69, 9.17) is 5.73 Å². The number of rotatable bonds is 4. The van der Waals surface area contributed by atoms with Crippen LogP contribution < -0.4 is 11.1 Å². The average Bonchev–Trinajstić information content (AvgIpc) is 2.48. The van der Waals surface area contributed by atoms with Crippen molar-refractivity contribution in [1.29, 1.82) is 0 Å². The van der Waals surface area contributed by atoms with Crippen LogP contribution in [0.5, 0.6) is 0 Å². The summed E-state index contributed by atoms with van der Waals surface area (Å²) in [6, 6.07) is 17.0. The molecule has 0 aliphatic carbocycles. The van der Waals surface area contributed by atoms with Crippen LogP contribution in [-0.2, 0) is 0 Å². The predicted molar refractivity (Wildman–Crippen MR) is 93.9 cm³/mol. The van der Waals surface area contributed by atoms with Gasteiger partial charge in [-0.3, -0.25) is 0 Å². The van der Waals surface area contributed by atoms with Crippen molar-refractivity contribution < 1.29 is 0 Å². The summed E-state index contributed by atoms with van der Waals surface area (Å²) in [6.45, 7) is 8.30. The van der Waals surface area contributed by atoms with Crippen molar-refractivity contribution in [2.45, 2.75) is 39.8 Å². The summed E-state index contributed by atoms with van der Waals surface area (Å²) in [5.41, 5.74) is 10.9. The average molecular weight is 295 g/mol. The van der Waals surface area contributed by atoms with E-state index in [0.29, 0.717) is 5.96 Å². The van der Waals surface area contributed by atoms with Crippen molar-refractivity contribution in [2.24, 2.45) is 10.7 Å². The third kappa shape index (κ3) is 4.35. The molecule has 2 rings (SSSR count). The van der Waals surface area contributed by atoms with Gasteiger partial charge in [-0.25, -0.2) is 4.99 Å². The molecule has 0 aliphatic rings. The minimum absolute atomic E-state index is 0.0401. The van der Waals surface area contributed by atoms with Gasteiger partial charge in [0.2, 0.25) is 0 Å². The van der Waals surface area contributed by atoms with Gasteiger partial charge in [0.25, 0.3) is 0 Å². The Balaban J connectivity index is 2.02. The van der Waals surface area contributed by atoms with Gasteiger partial charge >= 0.3 is 0 Å². The Morgan fingerprint density at radius 1 is 0.864 bits per heavy atom. The Hall–Kier alpha value is -2.29. The van der Waals surface area contributed by atoms with Gasteiger partial charge in [-0.05, 0) is 38.8 Å². The van der Waals surface area contributed by atoms with E-state index < -0.39 is 0 Å². The number of hydrogen-bond acceptors (Lipinski definition) is 1. The highest BCUT2D eigenvalue weighted by Crippen LogP contribution is 2.17. The summed E-state index contributed by atoms with van der Waals surface area (Å²) in [5, 5.41) is 3.26. The van der Waals surface area contributed by atoms with Gasteiger partial charge in [0.15, 0.2) is 5.96 Å². The van der Waals surface area contributed by atoms with E-state index in [0.717, 1.165) is 0 Å². The van der Waals surface area contributed by atoms with Gasteiger partial charge in [-0.1, -0.05) is 59.7 Å². The number of nitrogens with one attached hydrogen (secondary N) is 1. The molecule has 22 heavy (non-hydrogen) atoms. The van der Waals surface area contributed by atoms with Crippen molar-refractivity contribution in [3.05, 3.63) is 70.8 Å². The number of aryl methyl sites for hydroxylation is 2. The van der Waals surface area contributed by atoms with Crippen molar-refractivity contribution in [2.75, 3.05) is 0 Å². The Morgan fingerprint density at radius 2 is 1.32 bits per heavy atom. The van der Waals surface area contributed by atoms with E-state index in [1.54, 1.807) is 0 Å². The fraction of sp³-hybridized carbons (Fsp3) is 0.316. The first-order chi connectivity index (χ1) is 10.5. The van der Waals surface area contributed by atoms with Crippen LogP contribution >= 0.6 is 0 Å². The molecule has 0 saturated carbocycles. The number of aliphatic imine (C=N–C) groups is 1. The molecule has 3 N–H and O–H groups in total. The molecular formula is C19H25N3. The van der Waals surface area contributed by atoms with Gasteiger partial charge in [0.1, 0.15) is 0 Å². The van der Waals surface area contributed by atoms with E-state index in [9.17, 15) is 0 Å². The Bertz CT molecular complexity index is 627. The third-order valence-corrected chi connectivity index (χ3v) is 3.83. The summed E-state index contributed by atoms with van der Waals surface area (Å²) in [4.78, 5) is 4.54.